The number of amides is 3. The van der Waals surface area contributed by atoms with Crippen LogP contribution in [0.1, 0.15) is 12.8 Å². The quantitative estimate of drug-likeness (QED) is 0.757. The van der Waals surface area contributed by atoms with E-state index in [4.69, 9.17) is 5.11 Å². The molecule has 2 heterocycles. The molecule has 108 valence electrons. The molecule has 0 radical (unpaired) electrons. The van der Waals surface area contributed by atoms with E-state index in [1.165, 1.54) is 0 Å². The number of piperidine rings is 1. The predicted molar refractivity (Wildman–Crippen MR) is 70.5 cm³/mol. The lowest BCUT2D eigenvalue weighted by molar-refractivity contribution is -0.144. The average Bonchev–Trinajstić information content (AvgIpc) is 2.36. The van der Waals surface area contributed by atoms with Crippen molar-refractivity contribution in [2.75, 3.05) is 46.9 Å². The van der Waals surface area contributed by atoms with E-state index in [0.717, 1.165) is 12.8 Å². The molecule has 6 nitrogen and oxygen atoms in total. The molecule has 2 aliphatic heterocycles. The molecule has 0 aromatic carbocycles. The van der Waals surface area contributed by atoms with E-state index in [1.807, 2.05) is 4.90 Å². The predicted octanol–water partition coefficient (Wildman–Crippen LogP) is -0.169. The van der Waals surface area contributed by atoms with Crippen LogP contribution in [0.15, 0.2) is 0 Å². The molecule has 1 N–H and O–H groups in total. The van der Waals surface area contributed by atoms with Crippen LogP contribution in [0.25, 0.3) is 0 Å². The summed E-state index contributed by atoms with van der Waals surface area (Å²) in [4.78, 5) is 29.2. The van der Waals surface area contributed by atoms with Crippen LogP contribution in [0.5, 0.6) is 0 Å². The second-order valence-corrected chi connectivity index (χ2v) is 5.73. The van der Waals surface area contributed by atoms with Gasteiger partial charge in [0.2, 0.25) is 5.91 Å². The first-order chi connectivity index (χ1) is 9.02. The minimum Gasteiger partial charge on any atom is -0.396 e. The Morgan fingerprint density at radius 1 is 1.16 bits per heavy atom. The minimum atomic E-state index is 0.0233. The lowest BCUT2D eigenvalue weighted by Crippen LogP contribution is -2.55. The number of aliphatic hydroxyl groups is 1. The van der Waals surface area contributed by atoms with Gasteiger partial charge in [-0.1, -0.05) is 0 Å². The van der Waals surface area contributed by atoms with Gasteiger partial charge in [-0.2, -0.15) is 0 Å². The summed E-state index contributed by atoms with van der Waals surface area (Å²) in [6, 6.07) is 0.0233. The van der Waals surface area contributed by atoms with Gasteiger partial charge < -0.3 is 19.8 Å². The van der Waals surface area contributed by atoms with Crippen molar-refractivity contribution >= 4 is 11.9 Å². The van der Waals surface area contributed by atoms with E-state index in [2.05, 4.69) is 0 Å². The second-order valence-electron chi connectivity index (χ2n) is 5.73. The van der Waals surface area contributed by atoms with Gasteiger partial charge in [0.05, 0.1) is 0 Å². The molecule has 0 spiro atoms. The molecule has 0 aromatic heterocycles. The maximum absolute atomic E-state index is 12.2. The topological polar surface area (TPSA) is 64.1 Å². The number of urea groups is 1. The summed E-state index contributed by atoms with van der Waals surface area (Å²) >= 11 is 0. The summed E-state index contributed by atoms with van der Waals surface area (Å²) in [7, 11) is 3.49. The molecule has 0 aromatic rings. The van der Waals surface area contributed by atoms with E-state index < -0.39 is 0 Å². The van der Waals surface area contributed by atoms with E-state index in [9.17, 15) is 9.59 Å². The number of carbonyl (C=O) groups is 2. The van der Waals surface area contributed by atoms with Gasteiger partial charge in [-0.3, -0.25) is 4.79 Å². The first-order valence-corrected chi connectivity index (χ1v) is 6.88. The highest BCUT2D eigenvalue weighted by Crippen LogP contribution is 2.24. The number of rotatable bonds is 2. The van der Waals surface area contributed by atoms with Gasteiger partial charge in [0.25, 0.3) is 0 Å². The zero-order valence-corrected chi connectivity index (χ0v) is 11.7. The first kappa shape index (κ1) is 14.1. The molecule has 0 unspecified atom stereocenters. The molecule has 2 rings (SSSR count). The molecular weight excluding hydrogens is 246 g/mol. The van der Waals surface area contributed by atoms with Crippen molar-refractivity contribution in [3.63, 3.8) is 0 Å². The van der Waals surface area contributed by atoms with Gasteiger partial charge in [-0.15, -0.1) is 0 Å². The average molecular weight is 269 g/mol. The summed E-state index contributed by atoms with van der Waals surface area (Å²) in [5, 5.41) is 8.96. The Morgan fingerprint density at radius 2 is 1.74 bits per heavy atom. The summed E-state index contributed by atoms with van der Waals surface area (Å²) in [5.41, 5.74) is 0. The van der Waals surface area contributed by atoms with E-state index >= 15 is 0 Å². The Morgan fingerprint density at radius 3 is 2.21 bits per heavy atom. The molecule has 6 heteroatoms. The standard InChI is InChI=1S/C13H23N3O3/c1-14(2)13(19)15-5-3-11(4-6-15)12(18)16-7-10(8-16)9-17/h10-11,17H,3-9H2,1-2H3. The Bertz CT molecular complexity index is 345. The van der Waals surface area contributed by atoms with Gasteiger partial charge in [0.1, 0.15) is 0 Å². The number of carbonyl (C=O) groups excluding carboxylic acids is 2. The van der Waals surface area contributed by atoms with Crippen LogP contribution >= 0.6 is 0 Å². The Hall–Kier alpha value is -1.30. The molecule has 19 heavy (non-hydrogen) atoms. The number of nitrogens with zero attached hydrogens (tertiary/aromatic N) is 3. The largest absolute Gasteiger partial charge is 0.396 e. The van der Waals surface area contributed by atoms with Gasteiger partial charge >= 0.3 is 6.03 Å². The van der Waals surface area contributed by atoms with Gasteiger partial charge in [0.15, 0.2) is 0 Å². The van der Waals surface area contributed by atoms with E-state index in [1.54, 1.807) is 23.9 Å². The van der Waals surface area contributed by atoms with Crippen molar-refractivity contribution < 1.29 is 14.7 Å². The Labute approximate surface area is 114 Å². The van der Waals surface area contributed by atoms with E-state index in [-0.39, 0.29) is 30.4 Å². The third-order valence-corrected chi connectivity index (χ3v) is 4.02. The van der Waals surface area contributed by atoms with Crippen molar-refractivity contribution in [3.05, 3.63) is 0 Å². The van der Waals surface area contributed by atoms with Crippen molar-refractivity contribution in [2.45, 2.75) is 12.8 Å². The van der Waals surface area contributed by atoms with Crippen molar-refractivity contribution in [2.24, 2.45) is 11.8 Å². The Balaban J connectivity index is 1.77. The highest BCUT2D eigenvalue weighted by atomic mass is 16.3. The number of likely N-dealkylation sites (tertiary alicyclic amines) is 2. The SMILES string of the molecule is CN(C)C(=O)N1CCC(C(=O)N2CC(CO)C2)CC1. The van der Waals surface area contributed by atoms with Crippen LogP contribution in [0.4, 0.5) is 4.79 Å². The van der Waals surface area contributed by atoms with Crippen LogP contribution in [0, 0.1) is 11.8 Å². The van der Waals surface area contributed by atoms with Gasteiger partial charge in [-0.25, -0.2) is 4.79 Å². The monoisotopic (exact) mass is 269 g/mol. The van der Waals surface area contributed by atoms with Crippen molar-refractivity contribution in [1.29, 1.82) is 0 Å². The maximum Gasteiger partial charge on any atom is 0.319 e. The van der Waals surface area contributed by atoms with Crippen molar-refractivity contribution in [3.8, 4) is 0 Å². The fraction of sp³-hybridized carbons (Fsp3) is 0.846. The fourth-order valence-corrected chi connectivity index (χ4v) is 2.72. The van der Waals surface area contributed by atoms with Crippen LogP contribution in [-0.4, -0.2) is 78.6 Å². The minimum absolute atomic E-state index is 0.0233. The molecule has 0 aliphatic carbocycles. The lowest BCUT2D eigenvalue weighted by atomic mass is 9.92. The first-order valence-electron chi connectivity index (χ1n) is 6.88. The van der Waals surface area contributed by atoms with Crippen LogP contribution in [0.3, 0.4) is 0 Å². The van der Waals surface area contributed by atoms with Gasteiger partial charge in [0, 0.05) is 58.7 Å². The van der Waals surface area contributed by atoms with Crippen LogP contribution in [0.2, 0.25) is 0 Å². The third-order valence-electron chi connectivity index (χ3n) is 4.02. The summed E-state index contributed by atoms with van der Waals surface area (Å²) in [6.45, 7) is 2.85. The fourth-order valence-electron chi connectivity index (χ4n) is 2.72. The Kier molecular flexibility index (Phi) is 4.29. The molecule has 2 aliphatic rings. The molecule has 2 fully saturated rings. The highest BCUT2D eigenvalue weighted by molar-refractivity contribution is 5.80. The van der Waals surface area contributed by atoms with Gasteiger partial charge in [-0.05, 0) is 12.8 Å². The summed E-state index contributed by atoms with van der Waals surface area (Å²) in [6.07, 6.45) is 1.50. The molecular formula is C13H23N3O3. The van der Waals surface area contributed by atoms with Crippen molar-refractivity contribution in [1.82, 2.24) is 14.7 Å². The molecule has 0 bridgehead atoms. The second kappa shape index (κ2) is 5.77. The normalized spacial score (nSPS) is 21.2. The lowest BCUT2D eigenvalue weighted by Gasteiger charge is -2.42. The van der Waals surface area contributed by atoms with Crippen LogP contribution in [-0.2, 0) is 4.79 Å². The molecule has 0 atom stereocenters. The molecule has 0 saturated carbocycles. The number of aliphatic hydroxyl groups excluding tert-OH is 1. The van der Waals surface area contributed by atoms with E-state index in [0.29, 0.717) is 26.2 Å². The summed E-state index contributed by atoms with van der Waals surface area (Å²) < 4.78 is 0. The highest BCUT2D eigenvalue weighted by Gasteiger charge is 2.36. The summed E-state index contributed by atoms with van der Waals surface area (Å²) in [5.74, 6) is 0.506. The molecule has 2 saturated heterocycles. The maximum atomic E-state index is 12.2. The zero-order valence-electron chi connectivity index (χ0n) is 11.7. The van der Waals surface area contributed by atoms with Crippen LogP contribution < -0.4 is 0 Å². The third kappa shape index (κ3) is 3.00. The number of hydrogen-bond donors (Lipinski definition) is 1. The zero-order chi connectivity index (χ0) is 14.0. The number of hydrogen-bond acceptors (Lipinski definition) is 3. The smallest absolute Gasteiger partial charge is 0.319 e. The molecule has 3 amide bonds.